The number of anilines is 2. The summed E-state index contributed by atoms with van der Waals surface area (Å²) in [4.78, 5) is 18.2. The van der Waals surface area contributed by atoms with Crippen LogP contribution in [0, 0.1) is 5.92 Å². The van der Waals surface area contributed by atoms with Crippen LogP contribution in [0.15, 0.2) is 0 Å². The predicted molar refractivity (Wildman–Crippen MR) is 101 cm³/mol. The Kier molecular flexibility index (Phi) is 6.10. The molecular formula is C19H33N5O. The Morgan fingerprint density at radius 1 is 1.04 bits per heavy atom. The maximum absolute atomic E-state index is 6.19. The number of nitrogens with zero attached hydrogens (tertiary/aromatic N) is 5. The topological polar surface area (TPSA) is 54.4 Å². The van der Waals surface area contributed by atoms with Crippen molar-refractivity contribution < 1.29 is 4.74 Å². The molecule has 25 heavy (non-hydrogen) atoms. The van der Waals surface area contributed by atoms with Crippen LogP contribution in [0.4, 0.5) is 11.9 Å². The summed E-state index contributed by atoms with van der Waals surface area (Å²) in [5.74, 6) is 3.53. The fourth-order valence-electron chi connectivity index (χ4n) is 3.64. The van der Waals surface area contributed by atoms with E-state index >= 15 is 0 Å². The van der Waals surface area contributed by atoms with Crippen molar-refractivity contribution in [2.45, 2.75) is 64.4 Å². The lowest BCUT2D eigenvalue weighted by atomic mass is 10.1. The minimum Gasteiger partial charge on any atom is -0.378 e. The minimum absolute atomic E-state index is 0.299. The fraction of sp³-hybridized carbons (Fsp3) is 0.842. The second-order valence-electron chi connectivity index (χ2n) is 8.01. The predicted octanol–water partition coefficient (Wildman–Crippen LogP) is 3.24. The molecule has 1 saturated carbocycles. The van der Waals surface area contributed by atoms with Crippen molar-refractivity contribution in [3.63, 3.8) is 0 Å². The maximum atomic E-state index is 6.19. The van der Waals surface area contributed by atoms with Gasteiger partial charge in [0.1, 0.15) is 5.82 Å². The third-order valence-corrected chi connectivity index (χ3v) is 5.31. The van der Waals surface area contributed by atoms with E-state index in [1.165, 1.54) is 25.7 Å². The molecule has 1 aromatic heterocycles. The van der Waals surface area contributed by atoms with Gasteiger partial charge in [-0.1, -0.05) is 26.7 Å². The molecule has 0 radical (unpaired) electrons. The molecule has 140 valence electrons. The van der Waals surface area contributed by atoms with E-state index in [0.717, 1.165) is 56.2 Å². The average Bonchev–Trinajstić information content (AvgIpc) is 3.13. The molecule has 0 unspecified atom stereocenters. The van der Waals surface area contributed by atoms with Crippen molar-refractivity contribution in [2.24, 2.45) is 5.92 Å². The van der Waals surface area contributed by atoms with Gasteiger partial charge in [-0.2, -0.15) is 15.0 Å². The van der Waals surface area contributed by atoms with Crippen LogP contribution in [0.25, 0.3) is 0 Å². The Morgan fingerprint density at radius 3 is 2.32 bits per heavy atom. The quantitative estimate of drug-likeness (QED) is 0.787. The second kappa shape index (κ2) is 8.30. The molecule has 6 heteroatoms. The first-order chi connectivity index (χ1) is 12.0. The molecule has 0 N–H and O–H groups in total. The van der Waals surface area contributed by atoms with Gasteiger partial charge < -0.3 is 14.5 Å². The van der Waals surface area contributed by atoms with Gasteiger partial charge >= 0.3 is 0 Å². The van der Waals surface area contributed by atoms with Gasteiger partial charge in [-0.3, -0.25) is 0 Å². The molecule has 1 aliphatic carbocycles. The van der Waals surface area contributed by atoms with Crippen LogP contribution in [-0.4, -0.2) is 54.8 Å². The summed E-state index contributed by atoms with van der Waals surface area (Å²) >= 11 is 0. The Balaban J connectivity index is 1.58. The molecule has 0 aromatic carbocycles. The van der Waals surface area contributed by atoms with Crippen LogP contribution in [0.2, 0.25) is 0 Å². The number of ether oxygens (including phenoxy) is 1. The monoisotopic (exact) mass is 347 g/mol. The Bertz CT molecular complexity index is 522. The highest BCUT2D eigenvalue weighted by Gasteiger charge is 2.24. The molecule has 6 nitrogen and oxygen atoms in total. The Hall–Kier alpha value is -1.43. The van der Waals surface area contributed by atoms with Crippen LogP contribution in [0.3, 0.4) is 0 Å². The van der Waals surface area contributed by atoms with Crippen molar-refractivity contribution in [3.05, 3.63) is 5.82 Å². The third-order valence-electron chi connectivity index (χ3n) is 5.31. The molecule has 1 saturated heterocycles. The molecule has 1 aromatic rings. The summed E-state index contributed by atoms with van der Waals surface area (Å²) in [5, 5.41) is 0. The van der Waals surface area contributed by atoms with E-state index < -0.39 is 0 Å². The summed E-state index contributed by atoms with van der Waals surface area (Å²) in [5.41, 5.74) is 0. The van der Waals surface area contributed by atoms with Crippen LogP contribution in [0.5, 0.6) is 0 Å². The molecule has 2 heterocycles. The van der Waals surface area contributed by atoms with E-state index in [1.807, 2.05) is 19.0 Å². The molecule has 0 bridgehead atoms. The highest BCUT2D eigenvalue weighted by atomic mass is 16.5. The number of hydrogen-bond acceptors (Lipinski definition) is 6. The average molecular weight is 348 g/mol. The van der Waals surface area contributed by atoms with E-state index in [9.17, 15) is 0 Å². The molecule has 0 spiro atoms. The zero-order valence-electron chi connectivity index (χ0n) is 16.2. The van der Waals surface area contributed by atoms with Crippen LogP contribution >= 0.6 is 0 Å². The van der Waals surface area contributed by atoms with Crippen LogP contribution in [0.1, 0.15) is 64.1 Å². The summed E-state index contributed by atoms with van der Waals surface area (Å²) in [7, 11) is 3.96. The first-order valence-corrected chi connectivity index (χ1v) is 9.82. The first kappa shape index (κ1) is 18.4. The molecule has 3 rings (SSSR count). The largest absolute Gasteiger partial charge is 0.378 e. The van der Waals surface area contributed by atoms with Crippen LogP contribution < -0.4 is 9.80 Å². The van der Waals surface area contributed by atoms with Crippen molar-refractivity contribution >= 4 is 11.9 Å². The van der Waals surface area contributed by atoms with Gasteiger partial charge in [0.2, 0.25) is 11.9 Å². The van der Waals surface area contributed by atoms with Gasteiger partial charge in [0, 0.05) is 39.7 Å². The number of aromatic nitrogens is 3. The highest BCUT2D eigenvalue weighted by Crippen LogP contribution is 2.27. The summed E-state index contributed by atoms with van der Waals surface area (Å²) in [6, 6.07) is 0. The van der Waals surface area contributed by atoms with E-state index in [-0.39, 0.29) is 0 Å². The lowest BCUT2D eigenvalue weighted by Gasteiger charge is -2.33. The van der Waals surface area contributed by atoms with Gasteiger partial charge in [0.25, 0.3) is 0 Å². The maximum Gasteiger partial charge on any atom is 0.230 e. The Labute approximate surface area is 152 Å². The number of piperidine rings is 1. The SMILES string of the molecule is CC(C)c1nc(N(C)C)nc(N2CCC(OCC3CCCC3)CC2)n1. The second-order valence-corrected chi connectivity index (χ2v) is 8.01. The molecule has 0 atom stereocenters. The zero-order valence-corrected chi connectivity index (χ0v) is 16.2. The lowest BCUT2D eigenvalue weighted by Crippen LogP contribution is -2.39. The van der Waals surface area contributed by atoms with Gasteiger partial charge in [-0.15, -0.1) is 0 Å². The van der Waals surface area contributed by atoms with E-state index in [0.29, 0.717) is 12.0 Å². The van der Waals surface area contributed by atoms with Crippen LogP contribution in [-0.2, 0) is 4.74 Å². The van der Waals surface area contributed by atoms with Gasteiger partial charge in [0.05, 0.1) is 6.10 Å². The van der Waals surface area contributed by atoms with Gasteiger partial charge in [0.15, 0.2) is 0 Å². The van der Waals surface area contributed by atoms with Crippen molar-refractivity contribution in [1.82, 2.24) is 15.0 Å². The fourth-order valence-corrected chi connectivity index (χ4v) is 3.64. The zero-order chi connectivity index (χ0) is 17.8. The number of rotatable bonds is 6. The minimum atomic E-state index is 0.299. The molecule has 1 aliphatic heterocycles. The van der Waals surface area contributed by atoms with Gasteiger partial charge in [-0.05, 0) is 31.6 Å². The van der Waals surface area contributed by atoms with E-state index in [4.69, 9.17) is 9.72 Å². The molecule has 2 aliphatic rings. The van der Waals surface area contributed by atoms with Gasteiger partial charge in [-0.25, -0.2) is 0 Å². The van der Waals surface area contributed by atoms with Crippen molar-refractivity contribution in [1.29, 1.82) is 0 Å². The number of hydrogen-bond donors (Lipinski definition) is 0. The summed E-state index contributed by atoms with van der Waals surface area (Å²) in [6.45, 7) is 7.13. The summed E-state index contributed by atoms with van der Waals surface area (Å²) in [6.07, 6.45) is 8.01. The summed E-state index contributed by atoms with van der Waals surface area (Å²) < 4.78 is 6.19. The molecule has 0 amide bonds. The molecular weight excluding hydrogens is 314 g/mol. The van der Waals surface area contributed by atoms with Crippen molar-refractivity contribution in [3.8, 4) is 0 Å². The smallest absolute Gasteiger partial charge is 0.230 e. The third kappa shape index (κ3) is 4.81. The first-order valence-electron chi connectivity index (χ1n) is 9.82. The van der Waals surface area contributed by atoms with E-state index in [1.54, 1.807) is 0 Å². The lowest BCUT2D eigenvalue weighted by molar-refractivity contribution is 0.0163. The Morgan fingerprint density at radius 2 is 1.72 bits per heavy atom. The van der Waals surface area contributed by atoms with E-state index in [2.05, 4.69) is 28.7 Å². The molecule has 2 fully saturated rings. The normalized spacial score (nSPS) is 19.8. The standard InChI is InChI=1S/C19H33N5O/c1-14(2)17-20-18(23(3)4)22-19(21-17)24-11-9-16(10-12-24)25-13-15-7-5-6-8-15/h14-16H,5-13H2,1-4H3. The highest BCUT2D eigenvalue weighted by molar-refractivity contribution is 5.39. The van der Waals surface area contributed by atoms with Crippen molar-refractivity contribution in [2.75, 3.05) is 43.6 Å².